The van der Waals surface area contributed by atoms with E-state index in [9.17, 15) is 26.8 Å². The second kappa shape index (κ2) is 8.16. The Morgan fingerprint density at radius 3 is 2.07 bits per heavy atom. The van der Waals surface area contributed by atoms with E-state index in [-0.39, 0.29) is 16.8 Å². The normalized spacial score (nSPS) is 14.6. The number of anilines is 1. The third kappa shape index (κ3) is 4.70. The molecule has 10 heteroatoms. The molecule has 1 amide bonds. The Bertz CT molecular complexity index is 1030. The predicted octanol–water partition coefficient (Wildman–Crippen LogP) is 3.14. The summed E-state index contributed by atoms with van der Waals surface area (Å²) in [4.78, 5) is 22.8. The van der Waals surface area contributed by atoms with Gasteiger partial charge in [-0.1, -0.05) is 12.8 Å². The predicted molar refractivity (Wildman–Crippen MR) is 100 cm³/mol. The molecule has 0 unspecified atom stereocenters. The minimum Gasteiger partial charge on any atom is -0.477 e. The number of carboxylic acids is 1. The van der Waals surface area contributed by atoms with Gasteiger partial charge in [0.1, 0.15) is 17.2 Å². The molecule has 2 aromatic carbocycles. The van der Waals surface area contributed by atoms with Crippen LogP contribution in [0.2, 0.25) is 0 Å². The number of nitrogens with one attached hydrogen (secondary N) is 2. The molecule has 7 nitrogen and oxygen atoms in total. The first-order valence-electron chi connectivity index (χ1n) is 8.83. The van der Waals surface area contributed by atoms with Crippen molar-refractivity contribution < 1.29 is 31.9 Å². The molecule has 3 N–H and O–H groups in total. The molecule has 1 fully saturated rings. The lowest BCUT2D eigenvalue weighted by Gasteiger charge is -2.13. The number of aromatic carboxylic acids is 1. The number of halogens is 2. The molecular weight excluding hydrogens is 406 g/mol. The standard InChI is InChI=1S/C19H18F2N2O5S/c20-15-9-13(10-16(21)17(15)19(25)26)23-29(27,28)14-7-5-11(6-8-14)18(24)22-12-3-1-2-4-12/h5-10,12,23H,1-4H2,(H,22,24)(H,25,26). The van der Waals surface area contributed by atoms with Gasteiger partial charge in [-0.25, -0.2) is 22.0 Å². The molecule has 0 atom stereocenters. The molecule has 2 aromatic rings. The van der Waals surface area contributed by atoms with E-state index >= 15 is 0 Å². The third-order valence-electron chi connectivity index (χ3n) is 4.63. The molecule has 0 bridgehead atoms. The Labute approximate surface area is 165 Å². The Hall–Kier alpha value is -3.01. The quantitative estimate of drug-likeness (QED) is 0.660. The van der Waals surface area contributed by atoms with Crippen LogP contribution in [0.15, 0.2) is 41.3 Å². The maximum Gasteiger partial charge on any atom is 0.341 e. The molecule has 0 radical (unpaired) electrons. The molecule has 154 valence electrons. The fourth-order valence-corrected chi connectivity index (χ4v) is 4.22. The van der Waals surface area contributed by atoms with Gasteiger partial charge in [-0.15, -0.1) is 0 Å². The van der Waals surface area contributed by atoms with Crippen LogP contribution in [0.1, 0.15) is 46.4 Å². The monoisotopic (exact) mass is 424 g/mol. The summed E-state index contributed by atoms with van der Waals surface area (Å²) in [6.07, 6.45) is 3.94. The van der Waals surface area contributed by atoms with Gasteiger partial charge in [-0.2, -0.15) is 0 Å². The number of sulfonamides is 1. The maximum absolute atomic E-state index is 13.7. The average molecular weight is 424 g/mol. The summed E-state index contributed by atoms with van der Waals surface area (Å²) in [6.45, 7) is 0. The highest BCUT2D eigenvalue weighted by Crippen LogP contribution is 2.23. The first-order valence-corrected chi connectivity index (χ1v) is 10.3. The van der Waals surface area contributed by atoms with Gasteiger partial charge in [0.25, 0.3) is 15.9 Å². The summed E-state index contributed by atoms with van der Waals surface area (Å²) in [5.41, 5.74) is -1.35. The van der Waals surface area contributed by atoms with Crippen molar-refractivity contribution in [3.05, 3.63) is 59.2 Å². The lowest BCUT2D eigenvalue weighted by molar-refractivity contribution is 0.0686. The summed E-state index contributed by atoms with van der Waals surface area (Å²) >= 11 is 0. The lowest BCUT2D eigenvalue weighted by Crippen LogP contribution is -2.32. The number of carbonyl (C=O) groups excluding carboxylic acids is 1. The molecule has 29 heavy (non-hydrogen) atoms. The third-order valence-corrected chi connectivity index (χ3v) is 6.02. The first-order chi connectivity index (χ1) is 13.7. The highest BCUT2D eigenvalue weighted by atomic mass is 32.2. The Balaban J connectivity index is 1.76. The average Bonchev–Trinajstić information content (AvgIpc) is 3.13. The van der Waals surface area contributed by atoms with Crippen LogP contribution < -0.4 is 10.0 Å². The molecule has 0 spiro atoms. The van der Waals surface area contributed by atoms with Gasteiger partial charge in [0.2, 0.25) is 0 Å². The number of rotatable bonds is 6. The van der Waals surface area contributed by atoms with E-state index in [0.717, 1.165) is 25.7 Å². The molecule has 0 saturated heterocycles. The summed E-state index contributed by atoms with van der Waals surface area (Å²) in [5.74, 6) is -4.92. The number of hydrogen-bond donors (Lipinski definition) is 3. The second-order valence-corrected chi connectivity index (χ2v) is 8.39. The van der Waals surface area contributed by atoms with Crippen LogP contribution in [0.4, 0.5) is 14.5 Å². The molecular formula is C19H18F2N2O5S. The van der Waals surface area contributed by atoms with Crippen LogP contribution in [0.3, 0.4) is 0 Å². The van der Waals surface area contributed by atoms with Crippen molar-refractivity contribution >= 4 is 27.6 Å². The minimum atomic E-state index is -4.21. The fraction of sp³-hybridized carbons (Fsp3) is 0.263. The summed E-state index contributed by atoms with van der Waals surface area (Å²) in [7, 11) is -4.21. The first kappa shape index (κ1) is 20.7. The van der Waals surface area contributed by atoms with E-state index in [0.29, 0.717) is 17.7 Å². The van der Waals surface area contributed by atoms with Crippen LogP contribution in [0.5, 0.6) is 0 Å². The van der Waals surface area contributed by atoms with Gasteiger partial charge >= 0.3 is 5.97 Å². The molecule has 0 aliphatic heterocycles. The van der Waals surface area contributed by atoms with Crippen molar-refractivity contribution in [2.45, 2.75) is 36.6 Å². The zero-order valence-corrected chi connectivity index (χ0v) is 15.9. The highest BCUT2D eigenvalue weighted by molar-refractivity contribution is 7.92. The molecule has 0 aromatic heterocycles. The van der Waals surface area contributed by atoms with Crippen molar-refractivity contribution in [1.29, 1.82) is 0 Å². The van der Waals surface area contributed by atoms with E-state index in [1.165, 1.54) is 24.3 Å². The Kier molecular flexibility index (Phi) is 5.83. The smallest absolute Gasteiger partial charge is 0.341 e. The van der Waals surface area contributed by atoms with E-state index < -0.39 is 38.9 Å². The number of hydrogen-bond acceptors (Lipinski definition) is 4. The topological polar surface area (TPSA) is 113 Å². The minimum absolute atomic E-state index is 0.117. The van der Waals surface area contributed by atoms with Crippen molar-refractivity contribution in [3.8, 4) is 0 Å². The molecule has 0 heterocycles. The zero-order chi connectivity index (χ0) is 21.2. The Morgan fingerprint density at radius 2 is 1.55 bits per heavy atom. The van der Waals surface area contributed by atoms with Crippen molar-refractivity contribution in [1.82, 2.24) is 5.32 Å². The number of amides is 1. The van der Waals surface area contributed by atoms with Crippen LogP contribution >= 0.6 is 0 Å². The zero-order valence-electron chi connectivity index (χ0n) is 15.1. The van der Waals surface area contributed by atoms with Crippen LogP contribution in [-0.2, 0) is 10.0 Å². The van der Waals surface area contributed by atoms with E-state index in [1.807, 2.05) is 4.72 Å². The lowest BCUT2D eigenvalue weighted by atomic mass is 10.2. The van der Waals surface area contributed by atoms with Gasteiger partial charge in [0.05, 0.1) is 10.6 Å². The largest absolute Gasteiger partial charge is 0.477 e. The van der Waals surface area contributed by atoms with Crippen molar-refractivity contribution in [2.75, 3.05) is 4.72 Å². The summed E-state index contributed by atoms with van der Waals surface area (Å²) in [5, 5.41) is 11.6. The number of carboxylic acid groups (broad SMARTS) is 1. The van der Waals surface area contributed by atoms with Crippen molar-refractivity contribution in [2.24, 2.45) is 0 Å². The fourth-order valence-electron chi connectivity index (χ4n) is 3.17. The van der Waals surface area contributed by atoms with Crippen LogP contribution in [0, 0.1) is 11.6 Å². The van der Waals surface area contributed by atoms with Gasteiger partial charge in [-0.3, -0.25) is 9.52 Å². The van der Waals surface area contributed by atoms with Gasteiger partial charge in [0.15, 0.2) is 0 Å². The van der Waals surface area contributed by atoms with E-state index in [1.54, 1.807) is 0 Å². The van der Waals surface area contributed by atoms with Gasteiger partial charge in [-0.05, 0) is 49.2 Å². The SMILES string of the molecule is O=C(NC1CCCC1)c1ccc(S(=O)(=O)Nc2cc(F)c(C(=O)O)c(F)c2)cc1. The van der Waals surface area contributed by atoms with Gasteiger partial charge in [0, 0.05) is 11.6 Å². The Morgan fingerprint density at radius 1 is 1.00 bits per heavy atom. The van der Waals surface area contributed by atoms with E-state index in [4.69, 9.17) is 5.11 Å². The summed E-state index contributed by atoms with van der Waals surface area (Å²) < 4.78 is 54.3. The van der Waals surface area contributed by atoms with Crippen LogP contribution in [0.25, 0.3) is 0 Å². The molecule has 1 saturated carbocycles. The number of carbonyl (C=O) groups is 2. The van der Waals surface area contributed by atoms with Gasteiger partial charge < -0.3 is 10.4 Å². The molecule has 3 rings (SSSR count). The molecule has 1 aliphatic carbocycles. The maximum atomic E-state index is 13.7. The van der Waals surface area contributed by atoms with Crippen molar-refractivity contribution in [3.63, 3.8) is 0 Å². The van der Waals surface area contributed by atoms with Crippen LogP contribution in [-0.4, -0.2) is 31.4 Å². The highest BCUT2D eigenvalue weighted by Gasteiger charge is 2.22. The van der Waals surface area contributed by atoms with E-state index in [2.05, 4.69) is 5.32 Å². The molecule has 1 aliphatic rings. The number of benzene rings is 2. The second-order valence-electron chi connectivity index (χ2n) is 6.70. The summed E-state index contributed by atoms with van der Waals surface area (Å²) in [6, 6.07) is 6.35.